The van der Waals surface area contributed by atoms with Crippen molar-refractivity contribution < 1.29 is 23.8 Å². The molecule has 0 bridgehead atoms. The Morgan fingerprint density at radius 1 is 1.12 bits per heavy atom. The third-order valence-corrected chi connectivity index (χ3v) is 8.00. The molecule has 4 heterocycles. The van der Waals surface area contributed by atoms with Crippen LogP contribution in [0.2, 0.25) is 5.02 Å². The van der Waals surface area contributed by atoms with Crippen molar-refractivity contribution >= 4 is 34.4 Å². The molecule has 11 heteroatoms. The van der Waals surface area contributed by atoms with E-state index in [1.807, 2.05) is 18.2 Å². The molecule has 41 heavy (non-hydrogen) atoms. The summed E-state index contributed by atoms with van der Waals surface area (Å²) in [4.78, 5) is 23.1. The third-order valence-electron chi connectivity index (χ3n) is 7.76. The number of pyridine rings is 1. The van der Waals surface area contributed by atoms with Gasteiger partial charge in [0.25, 0.3) is 0 Å². The number of amides is 1. The van der Waals surface area contributed by atoms with Gasteiger partial charge in [-0.25, -0.2) is 19.2 Å². The van der Waals surface area contributed by atoms with Crippen molar-refractivity contribution in [2.45, 2.75) is 51.0 Å². The van der Waals surface area contributed by atoms with Gasteiger partial charge in [-0.1, -0.05) is 23.7 Å². The Morgan fingerprint density at radius 2 is 1.95 bits per heavy atom. The fourth-order valence-corrected chi connectivity index (χ4v) is 5.61. The number of nitrogens with one attached hydrogen (secondary N) is 1. The maximum absolute atomic E-state index is 14.1. The number of piperidine rings is 1. The Morgan fingerprint density at radius 3 is 2.68 bits per heavy atom. The molecule has 0 aliphatic carbocycles. The number of aromatic nitrogens is 3. The van der Waals surface area contributed by atoms with Crippen LogP contribution in [-0.4, -0.2) is 56.4 Å². The van der Waals surface area contributed by atoms with E-state index < -0.39 is 11.9 Å². The molecule has 2 aliphatic heterocycles. The number of rotatable bonds is 9. The molecule has 0 spiro atoms. The SMILES string of the molecule is O=C(O)Nc1ccc2c(c1)nc(CN1CCC(c3cccc(OCc4ccc(Cl)cc4F)n3)CC1)n2C[C@@H]1CCO1. The van der Waals surface area contributed by atoms with Crippen LogP contribution in [0.1, 0.15) is 42.3 Å². The number of ether oxygens (including phenoxy) is 2. The van der Waals surface area contributed by atoms with Gasteiger partial charge in [-0.3, -0.25) is 10.2 Å². The zero-order valence-electron chi connectivity index (χ0n) is 22.4. The van der Waals surface area contributed by atoms with Crippen molar-refractivity contribution in [3.63, 3.8) is 0 Å². The summed E-state index contributed by atoms with van der Waals surface area (Å²) in [6.07, 6.45) is 1.98. The van der Waals surface area contributed by atoms with Crippen LogP contribution >= 0.6 is 11.6 Å². The first-order valence-electron chi connectivity index (χ1n) is 13.8. The van der Waals surface area contributed by atoms with Gasteiger partial charge in [0, 0.05) is 40.6 Å². The predicted octanol–water partition coefficient (Wildman–Crippen LogP) is 6.06. The fraction of sp³-hybridized carbons (Fsp3) is 0.367. The van der Waals surface area contributed by atoms with E-state index in [9.17, 15) is 9.18 Å². The van der Waals surface area contributed by atoms with Crippen LogP contribution < -0.4 is 10.1 Å². The lowest BCUT2D eigenvalue weighted by Crippen LogP contribution is -2.35. The van der Waals surface area contributed by atoms with Crippen molar-refractivity contribution in [2.24, 2.45) is 0 Å². The van der Waals surface area contributed by atoms with E-state index >= 15 is 0 Å². The number of hydrogen-bond acceptors (Lipinski definition) is 6. The predicted molar refractivity (Wildman–Crippen MR) is 153 cm³/mol. The molecule has 2 N–H and O–H groups in total. The summed E-state index contributed by atoms with van der Waals surface area (Å²) in [5, 5.41) is 11.9. The molecule has 2 saturated heterocycles. The number of nitrogens with zero attached hydrogens (tertiary/aromatic N) is 4. The lowest BCUT2D eigenvalue weighted by molar-refractivity contribution is -0.0592. The van der Waals surface area contributed by atoms with E-state index in [-0.39, 0.29) is 12.7 Å². The van der Waals surface area contributed by atoms with E-state index in [4.69, 9.17) is 36.1 Å². The number of fused-ring (bicyclic) bond motifs is 1. The van der Waals surface area contributed by atoms with Crippen LogP contribution in [0.4, 0.5) is 14.9 Å². The quantitative estimate of drug-likeness (QED) is 0.248. The lowest BCUT2D eigenvalue weighted by Gasteiger charge is -2.32. The van der Waals surface area contributed by atoms with Crippen molar-refractivity contribution in [3.8, 4) is 5.88 Å². The highest BCUT2D eigenvalue weighted by Gasteiger charge is 2.26. The molecule has 0 radical (unpaired) electrons. The van der Waals surface area contributed by atoms with Gasteiger partial charge in [-0.2, -0.15) is 0 Å². The maximum Gasteiger partial charge on any atom is 0.409 e. The molecule has 2 aromatic carbocycles. The average molecular weight is 580 g/mol. The standard InChI is InChI=1S/C30H31ClFN5O4/c31-21-5-4-20(24(32)14-21)18-41-29-3-1-2-25(35-29)19-8-11-36(12-9-19)17-28-34-26-15-22(33-30(38)39)6-7-27(26)37(28)16-23-10-13-40-23/h1-7,14-15,19,23,33H,8-13,16-18H2,(H,38,39)/t23-/m0/s1. The van der Waals surface area contributed by atoms with Gasteiger partial charge < -0.3 is 19.1 Å². The smallest absolute Gasteiger partial charge is 0.409 e. The fourth-order valence-electron chi connectivity index (χ4n) is 5.45. The van der Waals surface area contributed by atoms with Crippen LogP contribution in [0.5, 0.6) is 5.88 Å². The van der Waals surface area contributed by atoms with Gasteiger partial charge in [0.15, 0.2) is 0 Å². The van der Waals surface area contributed by atoms with E-state index in [0.29, 0.717) is 34.6 Å². The average Bonchev–Trinajstić information content (AvgIpc) is 3.26. The second-order valence-electron chi connectivity index (χ2n) is 10.5. The first-order valence-corrected chi connectivity index (χ1v) is 14.2. The minimum Gasteiger partial charge on any atom is -0.473 e. The van der Waals surface area contributed by atoms with Crippen molar-refractivity contribution in [3.05, 3.63) is 82.5 Å². The van der Waals surface area contributed by atoms with Crippen molar-refractivity contribution in [1.29, 1.82) is 0 Å². The molecule has 214 valence electrons. The lowest BCUT2D eigenvalue weighted by atomic mass is 9.93. The number of anilines is 1. The van der Waals surface area contributed by atoms with Gasteiger partial charge in [-0.15, -0.1) is 0 Å². The van der Waals surface area contributed by atoms with Gasteiger partial charge in [0.05, 0.1) is 30.2 Å². The van der Waals surface area contributed by atoms with Gasteiger partial charge in [0.2, 0.25) is 5.88 Å². The normalized spacial score (nSPS) is 17.9. The Bertz CT molecular complexity index is 1550. The molecule has 0 saturated carbocycles. The van der Waals surface area contributed by atoms with E-state index in [1.165, 1.54) is 6.07 Å². The molecule has 1 amide bonds. The highest BCUT2D eigenvalue weighted by Crippen LogP contribution is 2.30. The summed E-state index contributed by atoms with van der Waals surface area (Å²) in [5.41, 5.74) is 3.64. The Kier molecular flexibility index (Phi) is 8.04. The minimum absolute atomic E-state index is 0.0820. The number of carbonyl (C=O) groups is 1. The first-order chi connectivity index (χ1) is 19.9. The first kappa shape index (κ1) is 27.4. The zero-order valence-corrected chi connectivity index (χ0v) is 23.2. The molecular weight excluding hydrogens is 549 g/mol. The Hall–Kier alpha value is -3.73. The van der Waals surface area contributed by atoms with Crippen LogP contribution in [0.15, 0.2) is 54.6 Å². The largest absolute Gasteiger partial charge is 0.473 e. The minimum atomic E-state index is -1.10. The van der Waals surface area contributed by atoms with Crippen LogP contribution in [0.25, 0.3) is 11.0 Å². The number of hydrogen-bond donors (Lipinski definition) is 2. The summed E-state index contributed by atoms with van der Waals surface area (Å²) in [5.74, 6) is 1.33. The third kappa shape index (κ3) is 6.45. The molecule has 2 aliphatic rings. The summed E-state index contributed by atoms with van der Waals surface area (Å²) in [7, 11) is 0. The van der Waals surface area contributed by atoms with E-state index in [0.717, 1.165) is 68.1 Å². The topological polar surface area (TPSA) is 102 Å². The molecule has 4 aromatic rings. The maximum atomic E-state index is 14.1. The monoisotopic (exact) mass is 579 g/mol. The van der Waals surface area contributed by atoms with Crippen molar-refractivity contribution in [2.75, 3.05) is 25.0 Å². The molecule has 0 unspecified atom stereocenters. The second-order valence-corrected chi connectivity index (χ2v) is 11.0. The van der Waals surface area contributed by atoms with E-state index in [2.05, 4.69) is 14.8 Å². The Balaban J connectivity index is 1.10. The molecule has 6 rings (SSSR count). The highest BCUT2D eigenvalue weighted by molar-refractivity contribution is 6.30. The molecule has 2 fully saturated rings. The number of carboxylic acid groups (broad SMARTS) is 1. The number of imidazole rings is 1. The Labute approximate surface area is 241 Å². The summed E-state index contributed by atoms with van der Waals surface area (Å²) in [6, 6.07) is 15.8. The summed E-state index contributed by atoms with van der Waals surface area (Å²) >= 11 is 5.85. The highest BCUT2D eigenvalue weighted by atomic mass is 35.5. The molecule has 2 aromatic heterocycles. The second kappa shape index (κ2) is 12.0. The molecule has 9 nitrogen and oxygen atoms in total. The number of halogens is 2. The van der Waals surface area contributed by atoms with Gasteiger partial charge >= 0.3 is 6.09 Å². The summed E-state index contributed by atoms with van der Waals surface area (Å²) in [6.45, 7) is 4.07. The zero-order chi connectivity index (χ0) is 28.3. The van der Waals surface area contributed by atoms with Crippen LogP contribution in [0.3, 0.4) is 0 Å². The number of likely N-dealkylation sites (tertiary alicyclic amines) is 1. The molecular formula is C30H31ClFN5O4. The van der Waals surface area contributed by atoms with Crippen LogP contribution in [-0.2, 0) is 24.4 Å². The van der Waals surface area contributed by atoms with Crippen molar-refractivity contribution in [1.82, 2.24) is 19.4 Å². The summed E-state index contributed by atoms with van der Waals surface area (Å²) < 4.78 is 27.8. The van der Waals surface area contributed by atoms with Crippen LogP contribution in [0, 0.1) is 5.82 Å². The van der Waals surface area contributed by atoms with E-state index in [1.54, 1.807) is 30.3 Å². The van der Waals surface area contributed by atoms with Gasteiger partial charge in [-0.05, 0) is 68.8 Å². The van der Waals surface area contributed by atoms with Gasteiger partial charge in [0.1, 0.15) is 18.2 Å². The number of benzene rings is 2. The molecule has 1 atom stereocenters.